The lowest BCUT2D eigenvalue weighted by atomic mass is 9.94. The summed E-state index contributed by atoms with van der Waals surface area (Å²) in [4.78, 5) is 28.9. The summed E-state index contributed by atoms with van der Waals surface area (Å²) in [6.45, 7) is 0.215. The van der Waals surface area contributed by atoms with Gasteiger partial charge in [-0.3, -0.25) is 9.59 Å². The van der Waals surface area contributed by atoms with Gasteiger partial charge >= 0.3 is 0 Å². The molecule has 0 aromatic heterocycles. The highest BCUT2D eigenvalue weighted by Crippen LogP contribution is 2.20. The minimum absolute atomic E-state index is 0.0928. The molecule has 1 fully saturated rings. The van der Waals surface area contributed by atoms with E-state index in [4.69, 9.17) is 4.74 Å². The molecular formula is C30H34N2O3. The SMILES string of the molecule is O=C(NC1CCCCC1)[C@@H](Cc1ccccc1)N(Cc1ccccc1)C(=O)COc1ccccc1. The molecule has 0 unspecified atom stereocenters. The summed E-state index contributed by atoms with van der Waals surface area (Å²) in [6.07, 6.45) is 5.91. The molecule has 1 aliphatic carbocycles. The van der Waals surface area contributed by atoms with Crippen LogP contribution in [0.3, 0.4) is 0 Å². The number of amides is 2. The largest absolute Gasteiger partial charge is 0.484 e. The van der Waals surface area contributed by atoms with Gasteiger partial charge in [0.05, 0.1) is 0 Å². The van der Waals surface area contributed by atoms with Crippen molar-refractivity contribution in [3.8, 4) is 5.75 Å². The Morgan fingerprint density at radius 3 is 2.00 bits per heavy atom. The molecule has 0 radical (unpaired) electrons. The first-order valence-corrected chi connectivity index (χ1v) is 12.5. The molecule has 1 atom stereocenters. The topological polar surface area (TPSA) is 58.6 Å². The number of carbonyl (C=O) groups is 2. The molecule has 5 nitrogen and oxygen atoms in total. The first kappa shape index (κ1) is 24.5. The van der Waals surface area contributed by atoms with Gasteiger partial charge in [-0.05, 0) is 36.1 Å². The average molecular weight is 471 g/mol. The van der Waals surface area contributed by atoms with Gasteiger partial charge in [0.25, 0.3) is 5.91 Å². The van der Waals surface area contributed by atoms with Gasteiger partial charge in [0.15, 0.2) is 6.61 Å². The molecule has 0 heterocycles. The number of hydrogen-bond acceptors (Lipinski definition) is 3. The Morgan fingerprint density at radius 1 is 0.800 bits per heavy atom. The van der Waals surface area contributed by atoms with Crippen molar-refractivity contribution in [2.75, 3.05) is 6.61 Å². The summed E-state index contributed by atoms with van der Waals surface area (Å²) in [5, 5.41) is 3.26. The molecule has 0 aliphatic heterocycles. The summed E-state index contributed by atoms with van der Waals surface area (Å²) in [7, 11) is 0. The second-order valence-electron chi connectivity index (χ2n) is 9.16. The number of hydrogen-bond donors (Lipinski definition) is 1. The first-order valence-electron chi connectivity index (χ1n) is 12.5. The number of rotatable bonds is 10. The molecule has 1 aliphatic rings. The van der Waals surface area contributed by atoms with Gasteiger partial charge in [-0.25, -0.2) is 0 Å². The van der Waals surface area contributed by atoms with Crippen molar-refractivity contribution in [3.05, 3.63) is 102 Å². The Morgan fingerprint density at radius 2 is 1.37 bits per heavy atom. The molecule has 0 spiro atoms. The number of para-hydroxylation sites is 1. The third-order valence-electron chi connectivity index (χ3n) is 6.52. The smallest absolute Gasteiger partial charge is 0.261 e. The molecule has 5 heteroatoms. The minimum atomic E-state index is -0.633. The van der Waals surface area contributed by atoms with Gasteiger partial charge in [-0.2, -0.15) is 0 Å². The Balaban J connectivity index is 1.58. The van der Waals surface area contributed by atoms with Gasteiger partial charge in [-0.1, -0.05) is 98.1 Å². The van der Waals surface area contributed by atoms with Crippen LogP contribution in [0.5, 0.6) is 5.75 Å². The van der Waals surface area contributed by atoms with Crippen molar-refractivity contribution < 1.29 is 14.3 Å². The van der Waals surface area contributed by atoms with E-state index in [2.05, 4.69) is 5.32 Å². The van der Waals surface area contributed by atoms with Crippen LogP contribution in [0.25, 0.3) is 0 Å². The Bertz CT molecular complexity index is 1050. The fraction of sp³-hybridized carbons (Fsp3) is 0.333. The summed E-state index contributed by atoms with van der Waals surface area (Å²) >= 11 is 0. The zero-order chi connectivity index (χ0) is 24.3. The lowest BCUT2D eigenvalue weighted by Gasteiger charge is -2.33. The van der Waals surface area contributed by atoms with Gasteiger partial charge in [0, 0.05) is 19.0 Å². The first-order chi connectivity index (χ1) is 17.2. The fourth-order valence-corrected chi connectivity index (χ4v) is 4.62. The van der Waals surface area contributed by atoms with Crippen LogP contribution in [0.2, 0.25) is 0 Å². The Kier molecular flexibility index (Phi) is 8.93. The highest BCUT2D eigenvalue weighted by Gasteiger charge is 2.32. The van der Waals surface area contributed by atoms with Crippen LogP contribution in [0, 0.1) is 0 Å². The summed E-state index contributed by atoms with van der Waals surface area (Å²) < 4.78 is 5.79. The third kappa shape index (κ3) is 7.44. The van der Waals surface area contributed by atoms with Crippen molar-refractivity contribution in [1.82, 2.24) is 10.2 Å². The van der Waals surface area contributed by atoms with Crippen LogP contribution in [0.4, 0.5) is 0 Å². The summed E-state index contributed by atoms with van der Waals surface area (Å²) in [6, 6.07) is 28.6. The maximum Gasteiger partial charge on any atom is 0.261 e. The number of ether oxygens (including phenoxy) is 1. The standard InChI is InChI=1S/C30H34N2O3/c33-29(23-35-27-19-11-4-12-20-27)32(22-25-15-7-2-8-16-25)28(21-24-13-5-1-6-14-24)30(34)31-26-17-9-3-10-18-26/h1-2,4-8,11-16,19-20,26,28H,3,9-10,17-18,21-23H2,(H,31,34)/t28-/m1/s1. The molecule has 3 aromatic rings. The van der Waals surface area contributed by atoms with E-state index in [-0.39, 0.29) is 24.5 Å². The fourth-order valence-electron chi connectivity index (χ4n) is 4.62. The Hall–Kier alpha value is -3.60. The molecule has 3 aromatic carbocycles. The van der Waals surface area contributed by atoms with Crippen LogP contribution in [-0.2, 0) is 22.6 Å². The molecular weight excluding hydrogens is 436 g/mol. The molecule has 182 valence electrons. The molecule has 0 saturated heterocycles. The minimum Gasteiger partial charge on any atom is -0.484 e. The molecule has 35 heavy (non-hydrogen) atoms. The second-order valence-corrected chi connectivity index (χ2v) is 9.16. The highest BCUT2D eigenvalue weighted by molar-refractivity contribution is 5.88. The van der Waals surface area contributed by atoms with Crippen LogP contribution in [-0.4, -0.2) is 35.4 Å². The van der Waals surface area contributed by atoms with Crippen molar-refractivity contribution in [2.45, 2.75) is 57.2 Å². The van der Waals surface area contributed by atoms with E-state index in [1.807, 2.05) is 91.0 Å². The van der Waals surface area contributed by atoms with E-state index in [0.717, 1.165) is 36.8 Å². The van der Waals surface area contributed by atoms with E-state index in [0.29, 0.717) is 18.7 Å². The third-order valence-corrected chi connectivity index (χ3v) is 6.52. The molecule has 4 rings (SSSR count). The van der Waals surface area contributed by atoms with E-state index in [1.165, 1.54) is 6.42 Å². The van der Waals surface area contributed by atoms with Crippen molar-refractivity contribution >= 4 is 11.8 Å². The van der Waals surface area contributed by atoms with Crippen LogP contribution >= 0.6 is 0 Å². The number of carbonyl (C=O) groups excluding carboxylic acids is 2. The lowest BCUT2D eigenvalue weighted by Crippen LogP contribution is -2.53. The van der Waals surface area contributed by atoms with Gasteiger partial charge in [0.2, 0.25) is 5.91 Å². The maximum absolute atomic E-state index is 13.7. The van der Waals surface area contributed by atoms with Crippen LogP contribution < -0.4 is 10.1 Å². The highest BCUT2D eigenvalue weighted by atomic mass is 16.5. The van der Waals surface area contributed by atoms with Gasteiger partial charge in [0.1, 0.15) is 11.8 Å². The zero-order valence-corrected chi connectivity index (χ0v) is 20.1. The predicted octanol–water partition coefficient (Wildman–Crippen LogP) is 5.15. The van der Waals surface area contributed by atoms with E-state index < -0.39 is 6.04 Å². The molecule has 1 N–H and O–H groups in total. The Labute approximate surface area is 208 Å². The molecule has 0 bridgehead atoms. The lowest BCUT2D eigenvalue weighted by molar-refractivity contribution is -0.143. The summed E-state index contributed by atoms with van der Waals surface area (Å²) in [5.74, 6) is 0.328. The number of nitrogens with zero attached hydrogens (tertiary/aromatic N) is 1. The van der Waals surface area contributed by atoms with Crippen LogP contribution in [0.1, 0.15) is 43.2 Å². The quantitative estimate of drug-likeness (QED) is 0.446. The molecule has 1 saturated carbocycles. The second kappa shape index (κ2) is 12.7. The predicted molar refractivity (Wildman–Crippen MR) is 138 cm³/mol. The monoisotopic (exact) mass is 470 g/mol. The zero-order valence-electron chi connectivity index (χ0n) is 20.1. The molecule has 2 amide bonds. The van der Waals surface area contributed by atoms with E-state index in [9.17, 15) is 9.59 Å². The number of benzene rings is 3. The normalized spacial score (nSPS) is 14.6. The van der Waals surface area contributed by atoms with Crippen molar-refractivity contribution in [1.29, 1.82) is 0 Å². The van der Waals surface area contributed by atoms with Gasteiger partial charge in [-0.15, -0.1) is 0 Å². The summed E-state index contributed by atoms with van der Waals surface area (Å²) in [5.41, 5.74) is 2.00. The van der Waals surface area contributed by atoms with E-state index >= 15 is 0 Å². The number of nitrogens with one attached hydrogen (secondary N) is 1. The van der Waals surface area contributed by atoms with E-state index in [1.54, 1.807) is 4.90 Å². The average Bonchev–Trinajstić information content (AvgIpc) is 2.91. The van der Waals surface area contributed by atoms with Crippen molar-refractivity contribution in [3.63, 3.8) is 0 Å². The van der Waals surface area contributed by atoms with Crippen LogP contribution in [0.15, 0.2) is 91.0 Å². The van der Waals surface area contributed by atoms with Gasteiger partial charge < -0.3 is 15.0 Å². The maximum atomic E-state index is 13.7. The van der Waals surface area contributed by atoms with Crippen molar-refractivity contribution in [2.24, 2.45) is 0 Å².